The molecule has 3 rings (SSSR count). The van der Waals surface area contributed by atoms with Crippen molar-refractivity contribution in [2.45, 2.75) is 12.6 Å². The minimum Gasteiger partial charge on any atom is -0.370 e. The van der Waals surface area contributed by atoms with Gasteiger partial charge in [-0.15, -0.1) is 0 Å². The highest BCUT2D eigenvalue weighted by molar-refractivity contribution is 7.07. The normalized spacial score (nSPS) is 18.0. The molecule has 1 aromatic heterocycles. The second kappa shape index (κ2) is 7.06. The maximum Gasteiger partial charge on any atom is 0.317 e. The number of carbonyl (C=O) groups excluding carboxylic acids is 1. The van der Waals surface area contributed by atoms with Gasteiger partial charge in [-0.3, -0.25) is 0 Å². The van der Waals surface area contributed by atoms with E-state index in [4.69, 9.17) is 4.74 Å². The summed E-state index contributed by atoms with van der Waals surface area (Å²) in [7, 11) is 0. The molecule has 2 aromatic rings. The van der Waals surface area contributed by atoms with Crippen LogP contribution in [0.25, 0.3) is 0 Å². The Morgan fingerprint density at radius 2 is 2.22 bits per heavy atom. The van der Waals surface area contributed by atoms with Crippen LogP contribution in [-0.2, 0) is 11.3 Å². The van der Waals surface area contributed by atoms with Crippen LogP contribution >= 0.6 is 11.3 Å². The number of rotatable bonds is 3. The molecule has 1 N–H and O–H groups in total. The average Bonchev–Trinajstić information content (AvgIpc) is 3.09. The molecule has 0 saturated carbocycles. The molecule has 1 aliphatic heterocycles. The lowest BCUT2D eigenvalue weighted by atomic mass is 10.1. The first kappa shape index (κ1) is 15.9. The molecule has 1 atom stereocenters. The van der Waals surface area contributed by atoms with Gasteiger partial charge in [-0.1, -0.05) is 6.07 Å². The van der Waals surface area contributed by atoms with Gasteiger partial charge in [-0.25, -0.2) is 13.6 Å². The number of thiophene rings is 1. The lowest BCUT2D eigenvalue weighted by Crippen LogP contribution is -2.46. The fourth-order valence-corrected chi connectivity index (χ4v) is 3.10. The molecule has 7 heteroatoms. The molecule has 2 heterocycles. The molecule has 0 aliphatic carbocycles. The first-order valence-corrected chi connectivity index (χ1v) is 8.18. The van der Waals surface area contributed by atoms with Crippen molar-refractivity contribution in [3.05, 3.63) is 57.8 Å². The van der Waals surface area contributed by atoms with Crippen molar-refractivity contribution < 1.29 is 18.3 Å². The quantitative estimate of drug-likeness (QED) is 0.933. The molecular formula is C16H16F2N2O2S. The summed E-state index contributed by atoms with van der Waals surface area (Å²) in [5.41, 5.74) is 1.58. The van der Waals surface area contributed by atoms with Crippen LogP contribution in [0.4, 0.5) is 13.6 Å². The highest BCUT2D eigenvalue weighted by atomic mass is 32.1. The van der Waals surface area contributed by atoms with Crippen LogP contribution < -0.4 is 5.32 Å². The van der Waals surface area contributed by atoms with Crippen molar-refractivity contribution in [1.29, 1.82) is 0 Å². The zero-order valence-electron chi connectivity index (χ0n) is 12.3. The minimum atomic E-state index is -0.912. The second-order valence-corrected chi connectivity index (χ2v) is 6.05. The summed E-state index contributed by atoms with van der Waals surface area (Å²) in [6.45, 7) is 1.60. The van der Waals surface area contributed by atoms with E-state index < -0.39 is 17.7 Å². The molecule has 1 saturated heterocycles. The predicted molar refractivity (Wildman–Crippen MR) is 83.2 cm³/mol. The van der Waals surface area contributed by atoms with Crippen LogP contribution in [0.5, 0.6) is 0 Å². The highest BCUT2D eigenvalue weighted by Gasteiger charge is 2.26. The Balaban J connectivity index is 1.60. The van der Waals surface area contributed by atoms with Gasteiger partial charge >= 0.3 is 6.03 Å². The number of nitrogens with zero attached hydrogens (tertiary/aromatic N) is 1. The van der Waals surface area contributed by atoms with Gasteiger partial charge in [0, 0.05) is 13.1 Å². The molecule has 23 heavy (non-hydrogen) atoms. The van der Waals surface area contributed by atoms with Crippen molar-refractivity contribution >= 4 is 17.4 Å². The maximum atomic E-state index is 13.3. The van der Waals surface area contributed by atoms with E-state index in [1.807, 2.05) is 16.8 Å². The van der Waals surface area contributed by atoms with Crippen molar-refractivity contribution in [2.75, 3.05) is 19.7 Å². The Kier molecular flexibility index (Phi) is 4.88. The number of amides is 2. The van der Waals surface area contributed by atoms with Crippen molar-refractivity contribution in [2.24, 2.45) is 0 Å². The van der Waals surface area contributed by atoms with Crippen LogP contribution in [0.3, 0.4) is 0 Å². The number of hydrogen-bond acceptors (Lipinski definition) is 3. The Bertz CT molecular complexity index is 679. The maximum absolute atomic E-state index is 13.3. The number of hydrogen-bond donors (Lipinski definition) is 1. The van der Waals surface area contributed by atoms with Gasteiger partial charge in [0.15, 0.2) is 11.6 Å². The van der Waals surface area contributed by atoms with Crippen molar-refractivity contribution in [3.8, 4) is 0 Å². The van der Waals surface area contributed by atoms with E-state index in [0.717, 1.165) is 17.7 Å². The number of carbonyl (C=O) groups is 1. The van der Waals surface area contributed by atoms with E-state index in [-0.39, 0.29) is 6.03 Å². The third-order valence-electron chi connectivity index (χ3n) is 3.69. The van der Waals surface area contributed by atoms with Crippen molar-refractivity contribution in [1.82, 2.24) is 10.2 Å². The standard InChI is InChI=1S/C16H16F2N2O2S/c17-13-2-1-12(7-14(13)18)15-9-20(4-5-22-15)16(21)19-8-11-3-6-23-10-11/h1-3,6-7,10,15H,4-5,8-9H2,(H,19,21). The molecular weight excluding hydrogens is 322 g/mol. The van der Waals surface area contributed by atoms with Gasteiger partial charge in [0.2, 0.25) is 0 Å². The lowest BCUT2D eigenvalue weighted by molar-refractivity contribution is -0.0156. The monoisotopic (exact) mass is 338 g/mol. The summed E-state index contributed by atoms with van der Waals surface area (Å²) >= 11 is 1.58. The van der Waals surface area contributed by atoms with E-state index in [2.05, 4.69) is 5.32 Å². The fraction of sp³-hybridized carbons (Fsp3) is 0.312. The number of halogens is 2. The Labute approximate surface area is 136 Å². The van der Waals surface area contributed by atoms with Crippen LogP contribution in [0.1, 0.15) is 17.2 Å². The van der Waals surface area contributed by atoms with Crippen LogP contribution in [0.2, 0.25) is 0 Å². The van der Waals surface area contributed by atoms with E-state index in [1.165, 1.54) is 6.07 Å². The first-order valence-electron chi connectivity index (χ1n) is 7.24. The lowest BCUT2D eigenvalue weighted by Gasteiger charge is -2.33. The number of morpholine rings is 1. The van der Waals surface area contributed by atoms with Crippen LogP contribution in [0, 0.1) is 11.6 Å². The largest absolute Gasteiger partial charge is 0.370 e. The van der Waals surface area contributed by atoms with Crippen LogP contribution in [-0.4, -0.2) is 30.6 Å². The summed E-state index contributed by atoms with van der Waals surface area (Å²) in [5, 5.41) is 6.78. The molecule has 4 nitrogen and oxygen atoms in total. The molecule has 1 aliphatic rings. The molecule has 122 valence electrons. The zero-order valence-corrected chi connectivity index (χ0v) is 13.1. The minimum absolute atomic E-state index is 0.188. The number of urea groups is 1. The van der Waals surface area contributed by atoms with Gasteiger partial charge in [0.1, 0.15) is 6.10 Å². The molecule has 0 spiro atoms. The molecule has 0 bridgehead atoms. The third-order valence-corrected chi connectivity index (χ3v) is 4.42. The second-order valence-electron chi connectivity index (χ2n) is 5.27. The average molecular weight is 338 g/mol. The Hall–Kier alpha value is -1.99. The Morgan fingerprint density at radius 3 is 2.96 bits per heavy atom. The Morgan fingerprint density at radius 1 is 1.35 bits per heavy atom. The number of nitrogens with one attached hydrogen (secondary N) is 1. The predicted octanol–water partition coefficient (Wildman–Crippen LogP) is 3.31. The van der Waals surface area contributed by atoms with E-state index in [0.29, 0.717) is 31.8 Å². The van der Waals surface area contributed by atoms with E-state index in [1.54, 1.807) is 16.2 Å². The summed E-state index contributed by atoms with van der Waals surface area (Å²) in [6.07, 6.45) is -0.453. The summed E-state index contributed by atoms with van der Waals surface area (Å²) < 4.78 is 31.9. The fourth-order valence-electron chi connectivity index (χ4n) is 2.43. The molecule has 2 amide bonds. The van der Waals surface area contributed by atoms with E-state index >= 15 is 0 Å². The third kappa shape index (κ3) is 3.86. The zero-order chi connectivity index (χ0) is 16.2. The SMILES string of the molecule is O=C(NCc1ccsc1)N1CCOC(c2ccc(F)c(F)c2)C1. The van der Waals surface area contributed by atoms with Gasteiger partial charge < -0.3 is 15.0 Å². The molecule has 1 fully saturated rings. The number of ether oxygens (including phenoxy) is 1. The first-order chi connectivity index (χ1) is 11.1. The molecule has 1 aromatic carbocycles. The van der Waals surface area contributed by atoms with Crippen LogP contribution in [0.15, 0.2) is 35.0 Å². The summed E-state index contributed by atoms with van der Waals surface area (Å²) in [4.78, 5) is 13.8. The van der Waals surface area contributed by atoms with Crippen molar-refractivity contribution in [3.63, 3.8) is 0 Å². The summed E-state index contributed by atoms with van der Waals surface area (Å²) in [6, 6.07) is 5.44. The summed E-state index contributed by atoms with van der Waals surface area (Å²) in [5.74, 6) is -1.81. The number of benzene rings is 1. The highest BCUT2D eigenvalue weighted by Crippen LogP contribution is 2.23. The van der Waals surface area contributed by atoms with Gasteiger partial charge in [0.25, 0.3) is 0 Å². The van der Waals surface area contributed by atoms with E-state index in [9.17, 15) is 13.6 Å². The van der Waals surface area contributed by atoms with Gasteiger partial charge in [-0.2, -0.15) is 11.3 Å². The molecule has 1 unspecified atom stereocenters. The van der Waals surface area contributed by atoms with Gasteiger partial charge in [0.05, 0.1) is 13.2 Å². The van der Waals surface area contributed by atoms with Gasteiger partial charge in [-0.05, 0) is 40.1 Å². The smallest absolute Gasteiger partial charge is 0.317 e. The topological polar surface area (TPSA) is 41.6 Å². The molecule has 0 radical (unpaired) electrons.